The molecule has 3 N–H and O–H groups in total. The summed E-state index contributed by atoms with van der Waals surface area (Å²) in [7, 11) is 1.54. The second-order valence-corrected chi connectivity index (χ2v) is 22.8. The Hall–Kier alpha value is -2.32. The SMILES string of the molecule is CC/C=C\C/C=C\C/C=C\C/C=C\C/C=C\CCCCCCCCCCCC(=O)NC(COP(=O)(O)OCC[N+](C)(C)C)C(O)/C=C/CC/C=C/CCCCCCCCCCCCCCCCCCCCC. The topological polar surface area (TPSA) is 105 Å². The van der Waals surface area contributed by atoms with Crippen LogP contribution in [0.25, 0.3) is 0 Å². The van der Waals surface area contributed by atoms with Crippen molar-refractivity contribution in [1.82, 2.24) is 5.32 Å². The summed E-state index contributed by atoms with van der Waals surface area (Å²) in [6, 6.07) is -0.873. The number of hydrogen-bond donors (Lipinski definition) is 3. The van der Waals surface area contributed by atoms with E-state index >= 15 is 0 Å². The van der Waals surface area contributed by atoms with Crippen molar-refractivity contribution in [2.75, 3.05) is 40.9 Å². The van der Waals surface area contributed by atoms with Crippen molar-refractivity contribution in [3.63, 3.8) is 0 Å². The van der Waals surface area contributed by atoms with Gasteiger partial charge < -0.3 is 19.8 Å². The lowest BCUT2D eigenvalue weighted by molar-refractivity contribution is -0.870. The Bertz CT molecular complexity index is 1450. The number of rotatable bonds is 54. The third kappa shape index (κ3) is 55.4. The average molecular weight is 1030 g/mol. The Morgan fingerprint density at radius 3 is 1.28 bits per heavy atom. The van der Waals surface area contributed by atoms with E-state index in [4.69, 9.17) is 9.05 Å². The van der Waals surface area contributed by atoms with Crippen LogP contribution in [-0.4, -0.2) is 73.4 Å². The fourth-order valence-electron chi connectivity index (χ4n) is 8.44. The van der Waals surface area contributed by atoms with Crippen LogP contribution >= 0.6 is 7.82 Å². The van der Waals surface area contributed by atoms with E-state index in [1.54, 1.807) is 6.08 Å². The summed E-state index contributed by atoms with van der Waals surface area (Å²) in [5.41, 5.74) is 0. The zero-order valence-corrected chi connectivity index (χ0v) is 48.5. The first-order valence-electron chi connectivity index (χ1n) is 30.0. The first kappa shape index (κ1) is 69.7. The quantitative estimate of drug-likeness (QED) is 0.0243. The van der Waals surface area contributed by atoms with Gasteiger partial charge in [-0.05, 0) is 77.0 Å². The molecule has 0 aliphatic rings. The number of aliphatic hydroxyl groups excluding tert-OH is 1. The largest absolute Gasteiger partial charge is 0.472 e. The zero-order valence-electron chi connectivity index (χ0n) is 47.7. The number of carbonyl (C=O) groups excluding carboxylic acids is 1. The number of quaternary nitrogens is 1. The summed E-state index contributed by atoms with van der Waals surface area (Å²) in [6.45, 7) is 4.69. The number of amides is 1. The van der Waals surface area contributed by atoms with Gasteiger partial charge in [0.2, 0.25) is 5.91 Å². The molecule has 0 heterocycles. The lowest BCUT2D eigenvalue weighted by atomic mass is 10.0. The molecule has 0 saturated carbocycles. The third-order valence-corrected chi connectivity index (χ3v) is 14.1. The van der Waals surface area contributed by atoms with Gasteiger partial charge in [0.05, 0.1) is 39.9 Å². The summed E-state index contributed by atoms with van der Waals surface area (Å²) in [5.74, 6) is -0.194. The van der Waals surface area contributed by atoms with Crippen molar-refractivity contribution >= 4 is 13.7 Å². The lowest BCUT2D eigenvalue weighted by Crippen LogP contribution is -2.45. The fraction of sp³-hybridized carbons (Fsp3) is 0.762. The molecule has 3 unspecified atom stereocenters. The minimum Gasteiger partial charge on any atom is -0.387 e. The van der Waals surface area contributed by atoms with Crippen LogP contribution in [0, 0.1) is 0 Å². The molecule has 0 fully saturated rings. The van der Waals surface area contributed by atoms with E-state index in [1.165, 1.54) is 161 Å². The lowest BCUT2D eigenvalue weighted by Gasteiger charge is -2.25. The number of nitrogens with zero attached hydrogens (tertiary/aromatic N) is 1. The van der Waals surface area contributed by atoms with Crippen LogP contribution in [0.15, 0.2) is 85.1 Å². The molecule has 0 aromatic heterocycles. The van der Waals surface area contributed by atoms with E-state index < -0.39 is 20.0 Å². The maximum Gasteiger partial charge on any atom is 0.472 e. The van der Waals surface area contributed by atoms with Gasteiger partial charge in [-0.1, -0.05) is 259 Å². The molecule has 0 rings (SSSR count). The predicted octanol–water partition coefficient (Wildman–Crippen LogP) is 18.4. The van der Waals surface area contributed by atoms with Gasteiger partial charge in [0, 0.05) is 6.42 Å². The Balaban J connectivity index is 4.26. The predicted molar refractivity (Wildman–Crippen MR) is 313 cm³/mol. The number of unbranched alkanes of at least 4 members (excludes halogenated alkanes) is 29. The summed E-state index contributed by atoms with van der Waals surface area (Å²) in [5, 5.41) is 13.9. The maximum atomic E-state index is 13.0. The second kappa shape index (κ2) is 53.5. The van der Waals surface area contributed by atoms with Gasteiger partial charge in [-0.25, -0.2) is 4.57 Å². The van der Waals surface area contributed by atoms with Gasteiger partial charge in [0.15, 0.2) is 0 Å². The minimum absolute atomic E-state index is 0.0512. The molecule has 0 aromatic rings. The molecule has 72 heavy (non-hydrogen) atoms. The number of carbonyl (C=O) groups is 1. The average Bonchev–Trinajstić information content (AvgIpc) is 3.34. The van der Waals surface area contributed by atoms with Gasteiger partial charge in [0.1, 0.15) is 13.2 Å². The first-order chi connectivity index (χ1) is 35.0. The number of hydrogen-bond acceptors (Lipinski definition) is 5. The molecule has 0 saturated heterocycles. The number of nitrogens with one attached hydrogen (secondary N) is 1. The summed E-state index contributed by atoms with van der Waals surface area (Å²) in [4.78, 5) is 23.3. The molecule has 0 bridgehead atoms. The number of aliphatic hydroxyl groups is 1. The van der Waals surface area contributed by atoms with E-state index in [1.807, 2.05) is 27.2 Å². The molecule has 0 radical (unpaired) electrons. The van der Waals surface area contributed by atoms with Crippen molar-refractivity contribution in [2.24, 2.45) is 0 Å². The third-order valence-electron chi connectivity index (χ3n) is 13.1. The molecule has 0 aliphatic heterocycles. The van der Waals surface area contributed by atoms with Gasteiger partial charge >= 0.3 is 7.82 Å². The van der Waals surface area contributed by atoms with Crippen molar-refractivity contribution < 1.29 is 32.9 Å². The number of phosphoric acid groups is 1. The highest BCUT2D eigenvalue weighted by Gasteiger charge is 2.27. The number of allylic oxidation sites excluding steroid dienone is 13. The molecule has 3 atom stereocenters. The van der Waals surface area contributed by atoms with Gasteiger partial charge in [0.25, 0.3) is 0 Å². The van der Waals surface area contributed by atoms with Crippen LogP contribution < -0.4 is 5.32 Å². The molecule has 1 amide bonds. The first-order valence-corrected chi connectivity index (χ1v) is 31.5. The molecule has 418 valence electrons. The van der Waals surface area contributed by atoms with E-state index in [-0.39, 0.29) is 19.1 Å². The van der Waals surface area contributed by atoms with Gasteiger partial charge in [-0.3, -0.25) is 13.8 Å². The summed E-state index contributed by atoms with van der Waals surface area (Å²) in [6.07, 6.45) is 75.5. The van der Waals surface area contributed by atoms with Crippen LogP contribution in [0.2, 0.25) is 0 Å². The maximum absolute atomic E-state index is 13.0. The van der Waals surface area contributed by atoms with E-state index in [0.717, 1.165) is 77.0 Å². The molecular weight excluding hydrogens is 912 g/mol. The molecule has 0 spiro atoms. The highest BCUT2D eigenvalue weighted by atomic mass is 31.2. The van der Waals surface area contributed by atoms with Crippen molar-refractivity contribution in [3.8, 4) is 0 Å². The Kier molecular flexibility index (Phi) is 51.8. The molecule has 0 aliphatic carbocycles. The minimum atomic E-state index is -4.36. The van der Waals surface area contributed by atoms with Crippen LogP contribution in [0.3, 0.4) is 0 Å². The molecule has 8 nitrogen and oxygen atoms in total. The fourth-order valence-corrected chi connectivity index (χ4v) is 9.17. The van der Waals surface area contributed by atoms with Crippen LogP contribution in [-0.2, 0) is 18.4 Å². The zero-order chi connectivity index (χ0) is 52.7. The molecular formula is C63H116N2O6P+. The van der Waals surface area contributed by atoms with E-state index in [0.29, 0.717) is 17.4 Å². The summed E-state index contributed by atoms with van der Waals surface area (Å²) < 4.78 is 23.7. The van der Waals surface area contributed by atoms with Gasteiger partial charge in [-0.15, -0.1) is 0 Å². The Morgan fingerprint density at radius 2 is 0.847 bits per heavy atom. The van der Waals surface area contributed by atoms with Crippen molar-refractivity contribution in [1.29, 1.82) is 0 Å². The normalized spacial score (nSPS) is 14.5. The van der Waals surface area contributed by atoms with Gasteiger partial charge in [-0.2, -0.15) is 0 Å². The number of phosphoric ester groups is 1. The smallest absolute Gasteiger partial charge is 0.387 e. The number of likely N-dealkylation sites (N-methyl/N-ethyl adjacent to an activating group) is 1. The standard InChI is InChI=1S/C63H115N2O6P/c1-6-8-10-12-14-16-18-20-22-24-26-28-30-32-34-36-38-40-42-44-46-48-50-52-54-56-62(66)61(60-71-72(68,69)70-59-58-65(3,4)5)64-63(67)57-55-53-51-49-47-45-43-41-39-37-35-33-31-29-27-25-23-21-19-17-15-13-11-9-7-2/h9,11,15,17,21,23,27,29,33,35,46,48,54,56,61-62,66H,6-8,10,12-14,16,18-20,22,24-26,28,30-32,34,36-45,47,49-53,55,57-60H2,1-5H3,(H-,64,67,68,69)/p+1/b11-9-,17-15-,23-21-,29-27-,35-33-,48-46+,56-54+. The Morgan fingerprint density at radius 1 is 0.486 bits per heavy atom. The summed E-state index contributed by atoms with van der Waals surface area (Å²) >= 11 is 0. The Labute approximate surface area is 446 Å². The van der Waals surface area contributed by atoms with Crippen molar-refractivity contribution in [2.45, 2.75) is 270 Å². The van der Waals surface area contributed by atoms with Crippen LogP contribution in [0.5, 0.6) is 0 Å². The second-order valence-electron chi connectivity index (χ2n) is 21.3. The van der Waals surface area contributed by atoms with E-state index in [9.17, 15) is 19.4 Å². The van der Waals surface area contributed by atoms with Crippen LogP contribution in [0.1, 0.15) is 258 Å². The highest BCUT2D eigenvalue weighted by molar-refractivity contribution is 7.47. The highest BCUT2D eigenvalue weighted by Crippen LogP contribution is 2.43. The monoisotopic (exact) mass is 1030 g/mol. The van der Waals surface area contributed by atoms with Crippen molar-refractivity contribution in [3.05, 3.63) is 85.1 Å². The molecule has 0 aromatic carbocycles. The van der Waals surface area contributed by atoms with E-state index in [2.05, 4.69) is 92.1 Å². The van der Waals surface area contributed by atoms with Crippen LogP contribution in [0.4, 0.5) is 0 Å². The molecule has 9 heteroatoms.